The smallest absolute Gasteiger partial charge is 0.160 e. The zero-order chi connectivity index (χ0) is 12.5. The number of rotatable bonds is 3. The van der Waals surface area contributed by atoms with Crippen molar-refractivity contribution in [2.24, 2.45) is 11.8 Å². The summed E-state index contributed by atoms with van der Waals surface area (Å²) in [7, 11) is 0. The van der Waals surface area contributed by atoms with Crippen molar-refractivity contribution in [3.05, 3.63) is 34.4 Å². The first kappa shape index (κ1) is 13.7. The molecular weight excluding hydrogens is 253 g/mol. The minimum absolute atomic E-state index is 0.129. The summed E-state index contributed by atoms with van der Waals surface area (Å²) in [5.74, 6) is -1.40. The molecule has 0 aliphatic rings. The monoisotopic (exact) mass is 266 g/mol. The van der Waals surface area contributed by atoms with E-state index in [1.54, 1.807) is 0 Å². The molecular formula is C12H14Cl2F2. The van der Waals surface area contributed by atoms with Gasteiger partial charge in [0.15, 0.2) is 11.6 Å². The second kappa shape index (κ2) is 5.33. The van der Waals surface area contributed by atoms with Gasteiger partial charge in [0.1, 0.15) is 0 Å². The van der Waals surface area contributed by atoms with Gasteiger partial charge in [0.05, 0.1) is 5.38 Å². The van der Waals surface area contributed by atoms with E-state index in [4.69, 9.17) is 23.2 Å². The molecule has 90 valence electrons. The van der Waals surface area contributed by atoms with Gasteiger partial charge in [-0.05, 0) is 29.5 Å². The van der Waals surface area contributed by atoms with E-state index in [1.807, 2.05) is 20.8 Å². The minimum Gasteiger partial charge on any atom is -0.204 e. The lowest BCUT2D eigenvalue weighted by atomic mass is 9.90. The molecule has 0 nitrogen and oxygen atoms in total. The van der Waals surface area contributed by atoms with Crippen molar-refractivity contribution in [3.8, 4) is 0 Å². The van der Waals surface area contributed by atoms with Crippen LogP contribution in [-0.4, -0.2) is 0 Å². The van der Waals surface area contributed by atoms with E-state index in [9.17, 15) is 8.78 Å². The maximum atomic E-state index is 13.1. The molecule has 0 saturated heterocycles. The van der Waals surface area contributed by atoms with E-state index in [2.05, 4.69) is 0 Å². The molecule has 16 heavy (non-hydrogen) atoms. The van der Waals surface area contributed by atoms with Crippen molar-refractivity contribution in [2.45, 2.75) is 26.1 Å². The summed E-state index contributed by atoms with van der Waals surface area (Å²) in [6.45, 7) is 6.00. The van der Waals surface area contributed by atoms with Crippen LogP contribution in [0.4, 0.5) is 8.78 Å². The molecule has 0 radical (unpaired) electrons. The molecule has 1 rings (SSSR count). The van der Waals surface area contributed by atoms with Gasteiger partial charge in [-0.3, -0.25) is 0 Å². The molecule has 0 amide bonds. The van der Waals surface area contributed by atoms with E-state index in [0.717, 1.165) is 12.1 Å². The van der Waals surface area contributed by atoms with Crippen LogP contribution in [0.3, 0.4) is 0 Å². The molecule has 0 spiro atoms. The zero-order valence-corrected chi connectivity index (χ0v) is 10.9. The van der Waals surface area contributed by atoms with Crippen LogP contribution in [-0.2, 0) is 0 Å². The van der Waals surface area contributed by atoms with E-state index < -0.39 is 17.0 Å². The molecule has 4 heteroatoms. The third-order valence-corrected chi connectivity index (χ3v) is 3.81. The lowest BCUT2D eigenvalue weighted by Crippen LogP contribution is -2.11. The molecule has 1 aromatic carbocycles. The van der Waals surface area contributed by atoms with Crippen molar-refractivity contribution < 1.29 is 8.78 Å². The standard InChI is InChI=1S/C12H14Cl2F2/c1-6(2)7(3)12(14)8-4-10(15)11(16)5-9(8)13/h4-7,12H,1-3H3. The fourth-order valence-electron chi connectivity index (χ4n) is 1.37. The summed E-state index contributed by atoms with van der Waals surface area (Å²) in [4.78, 5) is 0. The average Bonchev–Trinajstić information content (AvgIpc) is 2.21. The number of hydrogen-bond acceptors (Lipinski definition) is 0. The Morgan fingerprint density at radius 1 is 1.06 bits per heavy atom. The molecule has 0 heterocycles. The topological polar surface area (TPSA) is 0 Å². The molecule has 2 unspecified atom stereocenters. The Bertz CT molecular complexity index is 378. The Balaban J connectivity index is 3.08. The Morgan fingerprint density at radius 2 is 1.56 bits per heavy atom. The maximum absolute atomic E-state index is 13.1. The number of hydrogen-bond donors (Lipinski definition) is 0. The van der Waals surface area contributed by atoms with Gasteiger partial charge in [-0.1, -0.05) is 32.4 Å². The first-order chi connectivity index (χ1) is 7.34. The van der Waals surface area contributed by atoms with Crippen molar-refractivity contribution in [3.63, 3.8) is 0 Å². The quantitative estimate of drug-likeness (QED) is 0.522. The SMILES string of the molecule is CC(C)C(C)C(Cl)c1cc(F)c(F)cc1Cl. The fourth-order valence-corrected chi connectivity index (χ4v) is 2.17. The van der Waals surface area contributed by atoms with Crippen LogP contribution in [0.2, 0.25) is 5.02 Å². The summed E-state index contributed by atoms with van der Waals surface area (Å²) in [5.41, 5.74) is 0.448. The molecule has 0 N–H and O–H groups in total. The highest BCUT2D eigenvalue weighted by atomic mass is 35.5. The van der Waals surface area contributed by atoms with Gasteiger partial charge in [0.25, 0.3) is 0 Å². The van der Waals surface area contributed by atoms with Crippen LogP contribution in [0.5, 0.6) is 0 Å². The number of halogens is 4. The highest BCUT2D eigenvalue weighted by Gasteiger charge is 2.23. The van der Waals surface area contributed by atoms with Gasteiger partial charge in [-0.25, -0.2) is 8.78 Å². The lowest BCUT2D eigenvalue weighted by Gasteiger charge is -2.22. The van der Waals surface area contributed by atoms with Crippen LogP contribution in [0.15, 0.2) is 12.1 Å². The lowest BCUT2D eigenvalue weighted by molar-refractivity contribution is 0.404. The van der Waals surface area contributed by atoms with Crippen molar-refractivity contribution in [1.82, 2.24) is 0 Å². The average molecular weight is 267 g/mol. The molecule has 0 aliphatic heterocycles. The van der Waals surface area contributed by atoms with Crippen LogP contribution >= 0.6 is 23.2 Å². The van der Waals surface area contributed by atoms with Crippen LogP contribution < -0.4 is 0 Å². The first-order valence-electron chi connectivity index (χ1n) is 5.13. The largest absolute Gasteiger partial charge is 0.204 e. The fraction of sp³-hybridized carbons (Fsp3) is 0.500. The first-order valence-corrected chi connectivity index (χ1v) is 5.94. The summed E-state index contributed by atoms with van der Waals surface area (Å²) in [5, 5.41) is -0.242. The molecule has 2 atom stereocenters. The van der Waals surface area contributed by atoms with Gasteiger partial charge >= 0.3 is 0 Å². The third kappa shape index (κ3) is 2.86. The summed E-state index contributed by atoms with van der Waals surface area (Å²) in [6, 6.07) is 2.04. The van der Waals surface area contributed by atoms with Gasteiger partial charge in [0, 0.05) is 5.02 Å². The summed E-state index contributed by atoms with van der Waals surface area (Å²) >= 11 is 12.1. The molecule has 1 aromatic rings. The summed E-state index contributed by atoms with van der Waals surface area (Å²) < 4.78 is 26.0. The minimum atomic E-state index is -0.949. The predicted octanol–water partition coefficient (Wildman–Crippen LogP) is 5.19. The third-order valence-electron chi connectivity index (χ3n) is 2.85. The molecule has 0 aromatic heterocycles. The number of alkyl halides is 1. The molecule has 0 fully saturated rings. The normalized spacial score (nSPS) is 15.2. The van der Waals surface area contributed by atoms with Crippen molar-refractivity contribution >= 4 is 23.2 Å². The van der Waals surface area contributed by atoms with Crippen molar-refractivity contribution in [1.29, 1.82) is 0 Å². The van der Waals surface area contributed by atoms with Gasteiger partial charge in [-0.2, -0.15) is 0 Å². The highest BCUT2D eigenvalue weighted by Crippen LogP contribution is 2.37. The molecule has 0 bridgehead atoms. The second-order valence-electron chi connectivity index (χ2n) is 4.29. The zero-order valence-electron chi connectivity index (χ0n) is 9.40. The van der Waals surface area contributed by atoms with Crippen LogP contribution in [0, 0.1) is 23.5 Å². The second-order valence-corrected chi connectivity index (χ2v) is 5.17. The Labute approximate surface area is 105 Å². The van der Waals surface area contributed by atoms with Gasteiger partial charge < -0.3 is 0 Å². The Morgan fingerprint density at radius 3 is 2.06 bits per heavy atom. The van der Waals surface area contributed by atoms with E-state index in [-0.39, 0.29) is 10.9 Å². The highest BCUT2D eigenvalue weighted by molar-refractivity contribution is 6.32. The molecule has 0 saturated carbocycles. The van der Waals surface area contributed by atoms with E-state index >= 15 is 0 Å². The van der Waals surface area contributed by atoms with Gasteiger partial charge in [0.2, 0.25) is 0 Å². The Hall–Kier alpha value is -0.340. The Kier molecular flexibility index (Phi) is 4.57. The maximum Gasteiger partial charge on any atom is 0.160 e. The van der Waals surface area contributed by atoms with Crippen LogP contribution in [0.1, 0.15) is 31.7 Å². The summed E-state index contributed by atoms with van der Waals surface area (Å²) in [6.07, 6.45) is 0. The van der Waals surface area contributed by atoms with Crippen molar-refractivity contribution in [2.75, 3.05) is 0 Å². The van der Waals surface area contributed by atoms with Gasteiger partial charge in [-0.15, -0.1) is 11.6 Å². The predicted molar refractivity (Wildman–Crippen MR) is 64.0 cm³/mol. The van der Waals surface area contributed by atoms with E-state index in [0.29, 0.717) is 11.5 Å². The van der Waals surface area contributed by atoms with E-state index in [1.165, 1.54) is 0 Å². The molecule has 0 aliphatic carbocycles. The number of benzene rings is 1. The van der Waals surface area contributed by atoms with Crippen LogP contribution in [0.25, 0.3) is 0 Å².